The Labute approximate surface area is 173 Å². The third-order valence-electron chi connectivity index (χ3n) is 5.34. The number of ether oxygens (including phenoxy) is 1. The number of carbonyl (C=O) groups excluding carboxylic acids is 1. The van der Waals surface area contributed by atoms with E-state index in [9.17, 15) is 20.0 Å². The lowest BCUT2D eigenvalue weighted by molar-refractivity contribution is -0.385. The lowest BCUT2D eigenvalue weighted by Gasteiger charge is -2.29. The van der Waals surface area contributed by atoms with Crippen LogP contribution in [0.5, 0.6) is 5.75 Å². The van der Waals surface area contributed by atoms with Gasteiger partial charge in [-0.05, 0) is 43.0 Å². The highest BCUT2D eigenvalue weighted by Gasteiger charge is 2.27. The van der Waals surface area contributed by atoms with Crippen molar-refractivity contribution in [3.05, 3.63) is 68.5 Å². The second-order valence-electron chi connectivity index (χ2n) is 7.16. The van der Waals surface area contributed by atoms with Gasteiger partial charge in [-0.1, -0.05) is 23.8 Å². The summed E-state index contributed by atoms with van der Waals surface area (Å²) in [7, 11) is 0. The van der Waals surface area contributed by atoms with E-state index in [2.05, 4.69) is 4.98 Å². The van der Waals surface area contributed by atoms with Crippen molar-refractivity contribution in [1.82, 2.24) is 9.88 Å². The standard InChI is InChI=1S/C22H21N3O5/c1-2-30-22(27)24-9-7-14(8-10-24)20-19-6-5-18(26)12-15(19)3-4-16-11-17(25(28)29)13-23-21(16)20/h3-6,11-13,26H,2,7-10H2,1H3. The number of aromatic hydroxyl groups is 1. The number of piperidine rings is 1. The SMILES string of the molecule is CCOC(=O)N1CCC(=C2c3ccc(O)cc3C=Cc3cc([N+](=O)[O-])cnc32)CC1. The maximum atomic E-state index is 12.0. The molecule has 0 atom stereocenters. The molecule has 0 unspecified atom stereocenters. The Hall–Kier alpha value is -3.68. The van der Waals surface area contributed by atoms with E-state index in [-0.39, 0.29) is 17.5 Å². The van der Waals surface area contributed by atoms with Gasteiger partial charge < -0.3 is 14.7 Å². The first-order chi connectivity index (χ1) is 14.5. The number of hydrogen-bond acceptors (Lipinski definition) is 6. The summed E-state index contributed by atoms with van der Waals surface area (Å²) < 4.78 is 5.10. The maximum absolute atomic E-state index is 12.0. The second-order valence-corrected chi connectivity index (χ2v) is 7.16. The topological polar surface area (TPSA) is 106 Å². The van der Waals surface area contributed by atoms with Crippen LogP contribution in [0.15, 0.2) is 36.0 Å². The lowest BCUT2D eigenvalue weighted by atomic mass is 9.88. The summed E-state index contributed by atoms with van der Waals surface area (Å²) in [5.41, 5.74) is 4.98. The summed E-state index contributed by atoms with van der Waals surface area (Å²) >= 11 is 0. The Balaban J connectivity index is 1.81. The van der Waals surface area contributed by atoms with Gasteiger partial charge in [-0.3, -0.25) is 10.1 Å². The van der Waals surface area contributed by atoms with E-state index in [1.165, 1.54) is 12.3 Å². The molecule has 8 nitrogen and oxygen atoms in total. The monoisotopic (exact) mass is 407 g/mol. The molecule has 0 saturated carbocycles. The van der Waals surface area contributed by atoms with Gasteiger partial charge in [0.15, 0.2) is 0 Å². The van der Waals surface area contributed by atoms with Gasteiger partial charge >= 0.3 is 6.09 Å². The number of rotatable bonds is 2. The molecule has 2 heterocycles. The second kappa shape index (κ2) is 7.98. The zero-order valence-corrected chi connectivity index (χ0v) is 16.5. The third kappa shape index (κ3) is 3.63. The number of phenolic OH excluding ortho intramolecular Hbond substituents is 1. The van der Waals surface area contributed by atoms with E-state index in [0.29, 0.717) is 43.8 Å². The molecule has 0 bridgehead atoms. The van der Waals surface area contributed by atoms with E-state index in [0.717, 1.165) is 22.3 Å². The molecule has 1 aliphatic carbocycles. The average Bonchev–Trinajstić information content (AvgIpc) is 2.90. The van der Waals surface area contributed by atoms with Crippen molar-refractivity contribution >= 4 is 29.5 Å². The number of nitrogens with zero attached hydrogens (tertiary/aromatic N) is 3. The van der Waals surface area contributed by atoms with Gasteiger partial charge in [-0.25, -0.2) is 9.78 Å². The van der Waals surface area contributed by atoms with Crippen molar-refractivity contribution in [2.24, 2.45) is 0 Å². The number of carbonyl (C=O) groups is 1. The van der Waals surface area contributed by atoms with Gasteiger partial charge in [0.25, 0.3) is 5.69 Å². The van der Waals surface area contributed by atoms with Crippen LogP contribution in [0.4, 0.5) is 10.5 Å². The number of nitro groups is 1. The highest BCUT2D eigenvalue weighted by Crippen LogP contribution is 2.39. The molecule has 8 heteroatoms. The molecule has 1 fully saturated rings. The quantitative estimate of drug-likeness (QED) is 0.503. The number of aromatic nitrogens is 1. The number of benzene rings is 1. The molecule has 0 radical (unpaired) electrons. The van der Waals surface area contributed by atoms with Crippen LogP contribution in [0, 0.1) is 10.1 Å². The molecule has 1 aromatic carbocycles. The molecule has 2 aromatic rings. The van der Waals surface area contributed by atoms with Crippen LogP contribution in [-0.2, 0) is 4.74 Å². The molecule has 30 heavy (non-hydrogen) atoms. The van der Waals surface area contributed by atoms with Crippen LogP contribution in [0.1, 0.15) is 42.1 Å². The first-order valence-electron chi connectivity index (χ1n) is 9.78. The van der Waals surface area contributed by atoms with Crippen molar-refractivity contribution in [3.63, 3.8) is 0 Å². The van der Waals surface area contributed by atoms with Gasteiger partial charge in [-0.2, -0.15) is 0 Å². The fourth-order valence-corrected chi connectivity index (χ4v) is 3.91. The fraction of sp³-hybridized carbons (Fsp3) is 0.273. The predicted octanol–water partition coefficient (Wildman–Crippen LogP) is 4.23. The maximum Gasteiger partial charge on any atom is 0.409 e. The number of pyridine rings is 1. The van der Waals surface area contributed by atoms with Gasteiger partial charge in [-0.15, -0.1) is 0 Å². The largest absolute Gasteiger partial charge is 0.508 e. The van der Waals surface area contributed by atoms with Crippen LogP contribution in [0.25, 0.3) is 17.7 Å². The molecule has 1 aromatic heterocycles. The van der Waals surface area contributed by atoms with E-state index in [4.69, 9.17) is 4.74 Å². The van der Waals surface area contributed by atoms with E-state index >= 15 is 0 Å². The number of phenols is 1. The highest BCUT2D eigenvalue weighted by atomic mass is 16.6. The smallest absolute Gasteiger partial charge is 0.409 e. The van der Waals surface area contributed by atoms with E-state index < -0.39 is 4.92 Å². The van der Waals surface area contributed by atoms with Crippen molar-refractivity contribution < 1.29 is 19.6 Å². The molecular formula is C22H21N3O5. The summed E-state index contributed by atoms with van der Waals surface area (Å²) in [6.07, 6.45) is 5.87. The molecule has 1 aliphatic heterocycles. The summed E-state index contributed by atoms with van der Waals surface area (Å²) in [5, 5.41) is 21.2. The number of amides is 1. The summed E-state index contributed by atoms with van der Waals surface area (Å²) in [5.74, 6) is 0.143. The Bertz CT molecular complexity index is 1080. The normalized spacial score (nSPS) is 15.3. The Kier molecular flexibility index (Phi) is 5.22. The average molecular weight is 407 g/mol. The van der Waals surface area contributed by atoms with Crippen LogP contribution in [-0.4, -0.2) is 45.7 Å². The zero-order chi connectivity index (χ0) is 21.3. The Morgan fingerprint density at radius 3 is 2.67 bits per heavy atom. The third-order valence-corrected chi connectivity index (χ3v) is 5.34. The molecular weight excluding hydrogens is 386 g/mol. The summed E-state index contributed by atoms with van der Waals surface area (Å²) in [4.78, 5) is 28.9. The molecule has 154 valence electrons. The minimum absolute atomic E-state index is 0.0753. The number of hydrogen-bond donors (Lipinski definition) is 1. The number of fused-ring (bicyclic) bond motifs is 2. The van der Waals surface area contributed by atoms with Crippen LogP contribution in [0.3, 0.4) is 0 Å². The first-order valence-corrected chi connectivity index (χ1v) is 9.78. The Morgan fingerprint density at radius 1 is 1.23 bits per heavy atom. The van der Waals surface area contributed by atoms with Crippen molar-refractivity contribution in [1.29, 1.82) is 0 Å². The van der Waals surface area contributed by atoms with Gasteiger partial charge in [0.05, 0.1) is 17.2 Å². The molecule has 0 spiro atoms. The molecule has 4 rings (SSSR count). The lowest BCUT2D eigenvalue weighted by Crippen LogP contribution is -2.37. The fourth-order valence-electron chi connectivity index (χ4n) is 3.91. The van der Waals surface area contributed by atoms with Crippen LogP contribution >= 0.6 is 0 Å². The number of likely N-dealkylation sites (tertiary alicyclic amines) is 1. The highest BCUT2D eigenvalue weighted by molar-refractivity contribution is 5.94. The minimum Gasteiger partial charge on any atom is -0.508 e. The van der Waals surface area contributed by atoms with E-state index in [1.807, 2.05) is 12.1 Å². The van der Waals surface area contributed by atoms with Crippen LogP contribution in [0.2, 0.25) is 0 Å². The summed E-state index contributed by atoms with van der Waals surface area (Å²) in [6.45, 7) is 3.17. The van der Waals surface area contributed by atoms with Crippen molar-refractivity contribution in [2.75, 3.05) is 19.7 Å². The van der Waals surface area contributed by atoms with Gasteiger partial charge in [0.1, 0.15) is 11.9 Å². The van der Waals surface area contributed by atoms with E-state index in [1.54, 1.807) is 30.0 Å². The predicted molar refractivity (Wildman–Crippen MR) is 112 cm³/mol. The Morgan fingerprint density at radius 2 is 1.97 bits per heavy atom. The van der Waals surface area contributed by atoms with Gasteiger partial charge in [0.2, 0.25) is 0 Å². The van der Waals surface area contributed by atoms with Crippen LogP contribution < -0.4 is 0 Å². The molecule has 2 aliphatic rings. The zero-order valence-electron chi connectivity index (χ0n) is 16.5. The minimum atomic E-state index is -0.463. The first kappa shape index (κ1) is 19.6. The molecule has 1 N–H and O–H groups in total. The van der Waals surface area contributed by atoms with Crippen molar-refractivity contribution in [2.45, 2.75) is 19.8 Å². The molecule has 1 saturated heterocycles. The molecule has 1 amide bonds. The van der Waals surface area contributed by atoms with Crippen molar-refractivity contribution in [3.8, 4) is 5.75 Å². The summed E-state index contributed by atoms with van der Waals surface area (Å²) in [6, 6.07) is 6.64. The van der Waals surface area contributed by atoms with Gasteiger partial charge in [0, 0.05) is 30.3 Å².